The molecule has 3 atom stereocenters. The molecule has 1 aliphatic carbocycles. The summed E-state index contributed by atoms with van der Waals surface area (Å²) in [7, 11) is -3.82. The van der Waals surface area contributed by atoms with Crippen molar-refractivity contribution in [2.75, 3.05) is 37.7 Å². The van der Waals surface area contributed by atoms with Crippen molar-refractivity contribution in [2.24, 2.45) is 11.8 Å². The van der Waals surface area contributed by atoms with E-state index in [0.29, 0.717) is 25.3 Å². The molecule has 2 aromatic rings. The first-order valence-electron chi connectivity index (χ1n) is 13.4. The summed E-state index contributed by atoms with van der Waals surface area (Å²) in [6.45, 7) is 5.65. The number of likely N-dealkylation sites (tertiary alicyclic amines) is 1. The molecule has 0 radical (unpaired) electrons. The third-order valence-corrected chi connectivity index (χ3v) is 9.88. The van der Waals surface area contributed by atoms with E-state index in [1.54, 1.807) is 26.0 Å². The number of sulfonamides is 1. The number of benzene rings is 2. The van der Waals surface area contributed by atoms with Gasteiger partial charge in [0.15, 0.2) is 0 Å². The molecule has 2 aromatic carbocycles. The number of hydrogen-bond donors (Lipinski definition) is 2. The lowest BCUT2D eigenvalue weighted by atomic mass is 9.90. The zero-order valence-corrected chi connectivity index (χ0v) is 23.9. The Morgan fingerprint density at radius 1 is 1.27 bits per heavy atom. The van der Waals surface area contributed by atoms with E-state index in [9.17, 15) is 32.6 Å². The minimum atomic E-state index is -4.80. The predicted octanol–water partition coefficient (Wildman–Crippen LogP) is 4.09. The number of rotatable bonds is 8. The van der Waals surface area contributed by atoms with Crippen LogP contribution in [0, 0.1) is 17.7 Å². The standard InChI is InChI=1S/C29H33FN2O8S/c1-29(2,36)19-10-12-31(15-19)11-4-5-17-13-20(30)6-9-24(17)41(37,38)32(28(35)39-3)23-8-7-21-22-14-18(22)16-40-26(21)25(23)27(33)34/h4-9,13,18-19,22,36H,10-12,14-16H2,1-3H3,(H,33,34)/t18-,19-,22-/m0/s1. The number of carbonyl (C=O) groups excluding carboxylic acids is 1. The van der Waals surface area contributed by atoms with Gasteiger partial charge in [0.2, 0.25) is 0 Å². The lowest BCUT2D eigenvalue weighted by Crippen LogP contribution is -2.38. The highest BCUT2D eigenvalue weighted by atomic mass is 32.2. The van der Waals surface area contributed by atoms with Crippen LogP contribution in [0.15, 0.2) is 41.3 Å². The third kappa shape index (κ3) is 5.55. The van der Waals surface area contributed by atoms with Gasteiger partial charge in [-0.25, -0.2) is 22.4 Å². The molecule has 2 aliphatic heterocycles. The summed E-state index contributed by atoms with van der Waals surface area (Å²) in [5.41, 5.74) is -1.09. The van der Waals surface area contributed by atoms with Gasteiger partial charge in [-0.2, -0.15) is 4.31 Å². The Kier molecular flexibility index (Phi) is 7.60. The first-order valence-corrected chi connectivity index (χ1v) is 14.8. The van der Waals surface area contributed by atoms with Crippen LogP contribution in [0.1, 0.15) is 54.1 Å². The van der Waals surface area contributed by atoms with Gasteiger partial charge in [0.1, 0.15) is 17.1 Å². The fourth-order valence-corrected chi connectivity index (χ4v) is 7.25. The Bertz CT molecular complexity index is 1520. The highest BCUT2D eigenvalue weighted by Gasteiger charge is 2.47. The molecule has 5 rings (SSSR count). The first-order chi connectivity index (χ1) is 19.3. The van der Waals surface area contributed by atoms with Crippen LogP contribution in [-0.2, 0) is 14.8 Å². The number of ether oxygens (including phenoxy) is 2. The molecule has 1 saturated heterocycles. The molecule has 2 heterocycles. The number of carboxylic acids is 1. The van der Waals surface area contributed by atoms with Crippen molar-refractivity contribution in [3.63, 3.8) is 0 Å². The van der Waals surface area contributed by atoms with E-state index >= 15 is 0 Å². The molecule has 0 bridgehead atoms. The number of nitrogens with zero attached hydrogens (tertiary/aromatic N) is 2. The van der Waals surface area contributed by atoms with Crippen molar-refractivity contribution in [1.29, 1.82) is 0 Å². The number of aromatic carboxylic acids is 1. The second-order valence-electron chi connectivity index (χ2n) is 11.3. The maximum Gasteiger partial charge on any atom is 0.428 e. The lowest BCUT2D eigenvalue weighted by molar-refractivity contribution is 0.0215. The largest absolute Gasteiger partial charge is 0.492 e. The summed E-state index contributed by atoms with van der Waals surface area (Å²) < 4.78 is 53.2. The Morgan fingerprint density at radius 2 is 2.02 bits per heavy atom. The number of fused-ring (bicyclic) bond motifs is 3. The van der Waals surface area contributed by atoms with Gasteiger partial charge < -0.3 is 19.7 Å². The van der Waals surface area contributed by atoms with E-state index in [1.807, 2.05) is 0 Å². The van der Waals surface area contributed by atoms with Crippen LogP contribution >= 0.6 is 0 Å². The molecule has 1 amide bonds. The Hall–Kier alpha value is -3.48. The Morgan fingerprint density at radius 3 is 2.68 bits per heavy atom. The van der Waals surface area contributed by atoms with Crippen molar-refractivity contribution in [3.8, 4) is 5.75 Å². The van der Waals surface area contributed by atoms with Gasteiger partial charge in [-0.05, 0) is 74.5 Å². The molecule has 0 unspecified atom stereocenters. The van der Waals surface area contributed by atoms with Crippen molar-refractivity contribution in [3.05, 3.63) is 58.9 Å². The molecule has 0 spiro atoms. The Labute approximate surface area is 238 Å². The van der Waals surface area contributed by atoms with Gasteiger partial charge in [-0.3, -0.25) is 4.90 Å². The minimum absolute atomic E-state index is 0.0240. The predicted molar refractivity (Wildman–Crippen MR) is 148 cm³/mol. The summed E-state index contributed by atoms with van der Waals surface area (Å²) in [5, 5.41) is 20.4. The molecule has 1 saturated carbocycles. The molecular weight excluding hydrogens is 555 g/mol. The monoisotopic (exact) mass is 588 g/mol. The van der Waals surface area contributed by atoms with Gasteiger partial charge in [0, 0.05) is 24.9 Å². The summed E-state index contributed by atoms with van der Waals surface area (Å²) in [6.07, 6.45) is 3.45. The Balaban J connectivity index is 1.52. The van der Waals surface area contributed by atoms with Gasteiger partial charge in [-0.15, -0.1) is 0 Å². The average molecular weight is 589 g/mol. The fourth-order valence-electron chi connectivity index (χ4n) is 5.71. The second-order valence-corrected chi connectivity index (χ2v) is 13.1. The van der Waals surface area contributed by atoms with Crippen LogP contribution in [0.5, 0.6) is 5.75 Å². The van der Waals surface area contributed by atoms with E-state index in [4.69, 9.17) is 9.47 Å². The normalized spacial score (nSPS) is 22.1. The van der Waals surface area contributed by atoms with Crippen LogP contribution in [0.4, 0.5) is 14.9 Å². The molecule has 10 nitrogen and oxygen atoms in total. The van der Waals surface area contributed by atoms with Crippen molar-refractivity contribution < 1.29 is 42.1 Å². The molecule has 2 N–H and O–H groups in total. The number of carboxylic acid groups (broad SMARTS) is 1. The zero-order valence-electron chi connectivity index (χ0n) is 23.0. The topological polar surface area (TPSA) is 134 Å². The molecule has 220 valence electrons. The highest BCUT2D eigenvalue weighted by Crippen LogP contribution is 2.55. The number of methoxy groups -OCH3 is 1. The summed E-state index contributed by atoms with van der Waals surface area (Å²) in [4.78, 5) is 27.1. The van der Waals surface area contributed by atoms with Gasteiger partial charge in [0.05, 0.1) is 29.9 Å². The minimum Gasteiger partial charge on any atom is -0.492 e. The highest BCUT2D eigenvalue weighted by molar-refractivity contribution is 7.93. The van der Waals surface area contributed by atoms with Crippen LogP contribution in [0.3, 0.4) is 0 Å². The number of aliphatic hydroxyl groups is 1. The number of amides is 1. The van der Waals surface area contributed by atoms with Gasteiger partial charge >= 0.3 is 12.1 Å². The van der Waals surface area contributed by atoms with Crippen molar-refractivity contribution in [1.82, 2.24) is 4.90 Å². The first kappa shape index (κ1) is 29.0. The van der Waals surface area contributed by atoms with Crippen LogP contribution < -0.4 is 9.04 Å². The summed E-state index contributed by atoms with van der Waals surface area (Å²) in [5.74, 6) is -1.63. The fraction of sp³-hybridized carbons (Fsp3) is 0.448. The van der Waals surface area contributed by atoms with Crippen LogP contribution in [0.2, 0.25) is 0 Å². The van der Waals surface area contributed by atoms with Gasteiger partial charge in [0.25, 0.3) is 10.0 Å². The van der Waals surface area contributed by atoms with Gasteiger partial charge in [-0.1, -0.05) is 18.2 Å². The quantitative estimate of drug-likeness (QED) is 0.468. The maximum absolute atomic E-state index is 14.3. The van der Waals surface area contributed by atoms with E-state index in [2.05, 4.69) is 4.90 Å². The second kappa shape index (κ2) is 10.7. The summed E-state index contributed by atoms with van der Waals surface area (Å²) in [6, 6.07) is 5.87. The van der Waals surface area contributed by atoms with Crippen LogP contribution in [-0.4, -0.2) is 74.5 Å². The number of hydrogen-bond acceptors (Lipinski definition) is 8. The maximum atomic E-state index is 14.3. The summed E-state index contributed by atoms with van der Waals surface area (Å²) >= 11 is 0. The molecule has 0 aromatic heterocycles. The number of carbonyl (C=O) groups is 2. The van der Waals surface area contributed by atoms with E-state index in [0.717, 1.165) is 44.7 Å². The molecule has 12 heteroatoms. The van der Waals surface area contributed by atoms with Crippen LogP contribution in [0.25, 0.3) is 6.08 Å². The molecule has 2 fully saturated rings. The number of anilines is 1. The number of halogens is 1. The lowest BCUT2D eigenvalue weighted by Gasteiger charge is -2.26. The van der Waals surface area contributed by atoms with Crippen molar-refractivity contribution in [2.45, 2.75) is 43.1 Å². The van der Waals surface area contributed by atoms with E-state index in [-0.39, 0.29) is 33.4 Å². The SMILES string of the molecule is COC(=O)N(c1ccc2c(c1C(=O)O)OC[C@@H]1C[C@H]21)S(=O)(=O)c1ccc(F)cc1C=CCN1CC[C@H](C(C)(C)O)C1. The third-order valence-electron chi connectivity index (χ3n) is 8.13. The van der Waals surface area contributed by atoms with E-state index in [1.165, 1.54) is 12.1 Å². The van der Waals surface area contributed by atoms with E-state index < -0.39 is 49.7 Å². The smallest absolute Gasteiger partial charge is 0.428 e. The molecule has 41 heavy (non-hydrogen) atoms. The molecular formula is C29H33FN2O8S. The van der Waals surface area contributed by atoms with Crippen molar-refractivity contribution >= 4 is 33.8 Å². The molecule has 3 aliphatic rings. The zero-order chi connectivity index (χ0) is 29.7. The average Bonchev–Trinajstić information content (AvgIpc) is 3.54.